The van der Waals surface area contributed by atoms with Crippen LogP contribution >= 0.6 is 22.9 Å². The van der Waals surface area contributed by atoms with Crippen molar-refractivity contribution in [3.8, 4) is 22.0 Å². The highest BCUT2D eigenvalue weighted by molar-refractivity contribution is 7.13. The van der Waals surface area contributed by atoms with Gasteiger partial charge in [-0.15, -0.1) is 11.3 Å². The van der Waals surface area contributed by atoms with Gasteiger partial charge in [0, 0.05) is 48.3 Å². The zero-order valence-corrected chi connectivity index (χ0v) is 17.4. The maximum atomic E-state index is 12.8. The lowest BCUT2D eigenvalue weighted by molar-refractivity contribution is -0.133. The lowest BCUT2D eigenvalue weighted by Gasteiger charge is -2.34. The molecule has 0 aliphatic carbocycles. The first-order valence-electron chi connectivity index (χ1n) is 9.51. The topological polar surface area (TPSA) is 41.4 Å². The fourth-order valence-corrected chi connectivity index (χ4v) is 4.45. The summed E-state index contributed by atoms with van der Waals surface area (Å²) in [6.07, 6.45) is 1.96. The van der Waals surface area contributed by atoms with Crippen LogP contribution in [0.15, 0.2) is 48.0 Å². The molecule has 0 N–H and O–H groups in total. The number of amides is 1. The van der Waals surface area contributed by atoms with Crippen LogP contribution in [-0.2, 0) is 11.3 Å². The van der Waals surface area contributed by atoms with E-state index >= 15 is 0 Å². The first-order chi connectivity index (χ1) is 13.6. The van der Waals surface area contributed by atoms with Crippen LogP contribution in [0.5, 0.6) is 0 Å². The van der Waals surface area contributed by atoms with Gasteiger partial charge in [0.1, 0.15) is 11.6 Å². The molecule has 1 aromatic carbocycles. The number of nitrogens with zero attached hydrogens (tertiary/aromatic N) is 4. The van der Waals surface area contributed by atoms with E-state index in [2.05, 4.69) is 11.8 Å². The molecule has 146 valence electrons. The quantitative estimate of drug-likeness (QED) is 0.631. The van der Waals surface area contributed by atoms with Gasteiger partial charge >= 0.3 is 0 Å². The number of hydrogen-bond donors (Lipinski definition) is 0. The summed E-state index contributed by atoms with van der Waals surface area (Å²) in [6, 6.07) is 11.7. The van der Waals surface area contributed by atoms with E-state index in [1.807, 2.05) is 57.4 Å². The van der Waals surface area contributed by atoms with Crippen LogP contribution in [0.2, 0.25) is 5.02 Å². The minimum Gasteiger partial charge on any atom is -0.339 e. The van der Waals surface area contributed by atoms with Gasteiger partial charge in [0.2, 0.25) is 5.91 Å². The van der Waals surface area contributed by atoms with E-state index in [-0.39, 0.29) is 5.91 Å². The molecule has 5 nitrogen and oxygen atoms in total. The normalized spacial score (nSPS) is 15.1. The maximum Gasteiger partial charge on any atom is 0.242 e. The van der Waals surface area contributed by atoms with Gasteiger partial charge in [-0.3, -0.25) is 4.79 Å². The second-order valence-electron chi connectivity index (χ2n) is 6.88. The number of aromatic nitrogens is 2. The fraction of sp³-hybridized carbons (Fsp3) is 0.333. The third-order valence-corrected chi connectivity index (χ3v) is 6.29. The average molecular weight is 415 g/mol. The number of thiazole rings is 1. The second-order valence-corrected chi connectivity index (χ2v) is 8.18. The van der Waals surface area contributed by atoms with E-state index in [4.69, 9.17) is 16.6 Å². The van der Waals surface area contributed by atoms with E-state index in [0.29, 0.717) is 11.6 Å². The van der Waals surface area contributed by atoms with Crippen LogP contribution in [0.25, 0.3) is 22.0 Å². The molecule has 2 aromatic heterocycles. The summed E-state index contributed by atoms with van der Waals surface area (Å²) >= 11 is 7.57. The molecule has 0 saturated carbocycles. The van der Waals surface area contributed by atoms with Crippen LogP contribution < -0.4 is 0 Å². The van der Waals surface area contributed by atoms with Crippen molar-refractivity contribution >= 4 is 28.8 Å². The Labute approximate surface area is 174 Å². The highest BCUT2D eigenvalue weighted by Crippen LogP contribution is 2.30. The van der Waals surface area contributed by atoms with Crippen LogP contribution in [0.1, 0.15) is 6.92 Å². The molecule has 0 unspecified atom stereocenters. The second kappa shape index (κ2) is 8.47. The Bertz CT molecular complexity index is 941. The van der Waals surface area contributed by atoms with E-state index in [0.717, 1.165) is 54.7 Å². The average Bonchev–Trinajstić information content (AvgIpc) is 3.38. The van der Waals surface area contributed by atoms with Gasteiger partial charge < -0.3 is 14.4 Å². The third-order valence-electron chi connectivity index (χ3n) is 5.17. The van der Waals surface area contributed by atoms with Gasteiger partial charge in [-0.2, -0.15) is 0 Å². The molecule has 4 rings (SSSR count). The third kappa shape index (κ3) is 4.14. The van der Waals surface area contributed by atoms with Crippen molar-refractivity contribution in [2.24, 2.45) is 0 Å². The number of rotatable bonds is 5. The van der Waals surface area contributed by atoms with Crippen LogP contribution in [0.3, 0.4) is 0 Å². The predicted octanol–water partition coefficient (Wildman–Crippen LogP) is 4.10. The van der Waals surface area contributed by atoms with E-state index in [9.17, 15) is 4.79 Å². The lowest BCUT2D eigenvalue weighted by Crippen LogP contribution is -2.49. The molecule has 1 amide bonds. The zero-order valence-electron chi connectivity index (χ0n) is 15.8. The number of carbonyl (C=O) groups is 1. The summed E-state index contributed by atoms with van der Waals surface area (Å²) < 4.78 is 2.00. The first-order valence-corrected chi connectivity index (χ1v) is 10.8. The molecule has 0 bridgehead atoms. The van der Waals surface area contributed by atoms with Gasteiger partial charge in [0.25, 0.3) is 0 Å². The Morgan fingerprint density at radius 2 is 1.89 bits per heavy atom. The van der Waals surface area contributed by atoms with Crippen molar-refractivity contribution in [3.05, 3.63) is 53.0 Å². The summed E-state index contributed by atoms with van der Waals surface area (Å²) in [4.78, 5) is 21.9. The Balaban J connectivity index is 1.47. The number of benzene rings is 1. The van der Waals surface area contributed by atoms with Crippen molar-refractivity contribution in [2.45, 2.75) is 13.5 Å². The highest BCUT2D eigenvalue weighted by Gasteiger charge is 2.21. The molecule has 0 spiro atoms. The van der Waals surface area contributed by atoms with Crippen LogP contribution in [0, 0.1) is 0 Å². The van der Waals surface area contributed by atoms with Crippen molar-refractivity contribution in [2.75, 3.05) is 32.7 Å². The number of piperazine rings is 1. The molecule has 7 heteroatoms. The Kier molecular flexibility index (Phi) is 5.80. The van der Waals surface area contributed by atoms with E-state index in [1.54, 1.807) is 11.3 Å². The van der Waals surface area contributed by atoms with Gasteiger partial charge in [-0.1, -0.05) is 30.7 Å². The van der Waals surface area contributed by atoms with Crippen molar-refractivity contribution in [3.63, 3.8) is 0 Å². The molecule has 0 radical (unpaired) electrons. The van der Waals surface area contributed by atoms with Crippen molar-refractivity contribution < 1.29 is 4.79 Å². The van der Waals surface area contributed by atoms with Gasteiger partial charge in [-0.05, 0) is 30.8 Å². The maximum absolute atomic E-state index is 12.8. The molecule has 1 fully saturated rings. The van der Waals surface area contributed by atoms with Gasteiger partial charge in [0.15, 0.2) is 0 Å². The molecule has 3 aromatic rings. The standard InChI is InChI=1S/C21H23ClN4OS/c1-2-24-10-12-25(13-11-24)20(27)14-26-9-3-4-19(26)21-23-18(15-28-21)16-5-7-17(22)8-6-16/h3-9,15H,2,10-14H2,1H3. The molecule has 1 aliphatic rings. The monoisotopic (exact) mass is 414 g/mol. The van der Waals surface area contributed by atoms with Crippen molar-refractivity contribution in [1.29, 1.82) is 0 Å². The highest BCUT2D eigenvalue weighted by atomic mass is 35.5. The molecule has 1 aliphatic heterocycles. The SMILES string of the molecule is CCN1CCN(C(=O)Cn2cccc2-c2nc(-c3ccc(Cl)cc3)cs2)CC1. The van der Waals surface area contributed by atoms with E-state index < -0.39 is 0 Å². The van der Waals surface area contributed by atoms with Crippen LogP contribution in [-0.4, -0.2) is 58.0 Å². The lowest BCUT2D eigenvalue weighted by atomic mass is 10.2. The summed E-state index contributed by atoms with van der Waals surface area (Å²) in [5.41, 5.74) is 2.94. The molecular weight excluding hydrogens is 392 g/mol. The number of likely N-dealkylation sites (N-methyl/N-ethyl adjacent to an activating group) is 1. The molecule has 3 heterocycles. The Morgan fingerprint density at radius 3 is 2.61 bits per heavy atom. The Morgan fingerprint density at radius 1 is 1.14 bits per heavy atom. The predicted molar refractivity (Wildman–Crippen MR) is 115 cm³/mol. The molecule has 28 heavy (non-hydrogen) atoms. The number of carbonyl (C=O) groups excluding carboxylic acids is 1. The summed E-state index contributed by atoms with van der Waals surface area (Å²) in [6.45, 7) is 7.09. The van der Waals surface area contributed by atoms with Crippen LogP contribution in [0.4, 0.5) is 0 Å². The van der Waals surface area contributed by atoms with E-state index in [1.165, 1.54) is 0 Å². The summed E-state index contributed by atoms with van der Waals surface area (Å²) in [7, 11) is 0. The number of hydrogen-bond acceptors (Lipinski definition) is 4. The fourth-order valence-electron chi connectivity index (χ4n) is 3.45. The van der Waals surface area contributed by atoms with Crippen molar-refractivity contribution in [1.82, 2.24) is 19.4 Å². The first kappa shape index (κ1) is 19.2. The summed E-state index contributed by atoms with van der Waals surface area (Å²) in [5, 5.41) is 3.67. The molecule has 1 saturated heterocycles. The largest absolute Gasteiger partial charge is 0.339 e. The summed E-state index contributed by atoms with van der Waals surface area (Å²) in [5.74, 6) is 0.169. The molecular formula is C21H23ClN4OS. The smallest absolute Gasteiger partial charge is 0.242 e. The minimum atomic E-state index is 0.169. The van der Waals surface area contributed by atoms with Gasteiger partial charge in [-0.25, -0.2) is 4.98 Å². The zero-order chi connectivity index (χ0) is 19.5. The Hall–Kier alpha value is -2.15. The minimum absolute atomic E-state index is 0.169. The molecule has 0 atom stereocenters. The van der Waals surface area contributed by atoms with Gasteiger partial charge in [0.05, 0.1) is 11.4 Å². The number of halogens is 1.